The monoisotopic (exact) mass is 300 g/mol. The Morgan fingerprint density at radius 1 is 1.00 bits per heavy atom. The first-order chi connectivity index (χ1) is 9.88. The van der Waals surface area contributed by atoms with Crippen molar-refractivity contribution in [1.29, 1.82) is 5.26 Å². The molecular formula is C13H5F5N2O. The second-order valence-electron chi connectivity index (χ2n) is 4.02. The molecule has 2 aromatic rings. The minimum absolute atomic E-state index is 0.154. The molecule has 0 atom stereocenters. The molecule has 0 fully saturated rings. The average Bonchev–Trinajstić information content (AvgIpc) is 2.47. The summed E-state index contributed by atoms with van der Waals surface area (Å²) in [6.07, 6.45) is 0.431. The minimum atomic E-state index is -2.27. The van der Waals surface area contributed by atoms with Crippen LogP contribution in [0.1, 0.15) is 5.56 Å². The fraction of sp³-hybridized carbons (Fsp3) is 0.0769. The predicted molar refractivity (Wildman–Crippen MR) is 61.6 cm³/mol. The zero-order chi connectivity index (χ0) is 15.7. The molecule has 1 aromatic heterocycles. The van der Waals surface area contributed by atoms with E-state index in [9.17, 15) is 26.7 Å². The van der Waals surface area contributed by atoms with Crippen molar-refractivity contribution in [3.05, 3.63) is 57.3 Å². The third-order valence-corrected chi connectivity index (χ3v) is 2.75. The van der Waals surface area contributed by atoms with Crippen molar-refractivity contribution in [2.45, 2.75) is 6.42 Å². The first-order valence-corrected chi connectivity index (χ1v) is 5.48. The molecule has 0 bridgehead atoms. The Labute approximate surface area is 114 Å². The highest BCUT2D eigenvalue weighted by Crippen LogP contribution is 2.31. The van der Waals surface area contributed by atoms with E-state index in [1.54, 1.807) is 6.07 Å². The van der Waals surface area contributed by atoms with Gasteiger partial charge >= 0.3 is 0 Å². The standard InChI is InChI=1S/C13H5F5N2O/c14-8-7(9(15)11(17)12(18)10(8)16)6-3-5(1-2-19)13(21)20-4-6/h3-4H,1H2,(H,20,21). The lowest BCUT2D eigenvalue weighted by atomic mass is 10.0. The van der Waals surface area contributed by atoms with Crippen molar-refractivity contribution >= 4 is 0 Å². The van der Waals surface area contributed by atoms with Crippen LogP contribution >= 0.6 is 0 Å². The number of nitrogens with one attached hydrogen (secondary N) is 1. The minimum Gasteiger partial charge on any atom is -0.328 e. The molecule has 2 rings (SSSR count). The topological polar surface area (TPSA) is 56.6 Å². The first-order valence-electron chi connectivity index (χ1n) is 5.48. The number of aromatic amines is 1. The zero-order valence-corrected chi connectivity index (χ0v) is 10.1. The molecule has 8 heteroatoms. The van der Waals surface area contributed by atoms with Gasteiger partial charge in [0.1, 0.15) is 0 Å². The molecule has 0 unspecified atom stereocenters. The van der Waals surface area contributed by atoms with Crippen LogP contribution in [0.2, 0.25) is 0 Å². The maximum Gasteiger partial charge on any atom is 0.252 e. The summed E-state index contributed by atoms with van der Waals surface area (Å²) in [5.74, 6) is -10.5. The molecule has 0 radical (unpaired) electrons. The Balaban J connectivity index is 2.77. The van der Waals surface area contributed by atoms with Crippen molar-refractivity contribution in [3.8, 4) is 17.2 Å². The van der Waals surface area contributed by atoms with Crippen molar-refractivity contribution in [1.82, 2.24) is 4.98 Å². The molecule has 3 nitrogen and oxygen atoms in total. The highest BCUT2D eigenvalue weighted by atomic mass is 19.2. The van der Waals surface area contributed by atoms with Gasteiger partial charge in [-0.1, -0.05) is 0 Å². The Hall–Kier alpha value is -2.69. The number of aromatic nitrogens is 1. The van der Waals surface area contributed by atoms with Gasteiger partial charge in [0.15, 0.2) is 23.3 Å². The fourth-order valence-corrected chi connectivity index (χ4v) is 1.75. The molecule has 1 aromatic carbocycles. The molecular weight excluding hydrogens is 295 g/mol. The second-order valence-corrected chi connectivity index (χ2v) is 4.02. The number of nitrogens with zero attached hydrogens (tertiary/aromatic N) is 1. The van der Waals surface area contributed by atoms with E-state index in [-0.39, 0.29) is 12.0 Å². The average molecular weight is 300 g/mol. The van der Waals surface area contributed by atoms with Crippen molar-refractivity contribution < 1.29 is 22.0 Å². The van der Waals surface area contributed by atoms with Gasteiger partial charge in [0.2, 0.25) is 5.82 Å². The van der Waals surface area contributed by atoms with Crippen LogP contribution in [0.15, 0.2) is 17.1 Å². The number of H-pyrrole nitrogens is 1. The predicted octanol–water partition coefficient (Wildman–Crippen LogP) is 2.80. The number of pyridine rings is 1. The van der Waals surface area contributed by atoms with Gasteiger partial charge in [-0.2, -0.15) is 5.26 Å². The lowest BCUT2D eigenvalue weighted by molar-refractivity contribution is 0.381. The SMILES string of the molecule is N#CCc1cc(-c2c(F)c(F)c(F)c(F)c2F)c[nH]c1=O. The molecule has 108 valence electrons. The van der Waals surface area contributed by atoms with Crippen LogP contribution in [0.4, 0.5) is 22.0 Å². The summed E-state index contributed by atoms with van der Waals surface area (Å²) < 4.78 is 66.5. The fourth-order valence-electron chi connectivity index (χ4n) is 1.75. The molecule has 0 spiro atoms. The quantitative estimate of drug-likeness (QED) is 0.527. The molecule has 0 aliphatic heterocycles. The van der Waals surface area contributed by atoms with Gasteiger partial charge in [0.05, 0.1) is 18.1 Å². The largest absolute Gasteiger partial charge is 0.328 e. The van der Waals surface area contributed by atoms with Crippen LogP contribution in [0.25, 0.3) is 11.1 Å². The lowest BCUT2D eigenvalue weighted by Crippen LogP contribution is -2.12. The van der Waals surface area contributed by atoms with Gasteiger partial charge in [-0.3, -0.25) is 4.79 Å². The van der Waals surface area contributed by atoms with Gasteiger partial charge in [-0.25, -0.2) is 22.0 Å². The molecule has 1 heterocycles. The number of halogens is 5. The van der Waals surface area contributed by atoms with E-state index in [1.807, 2.05) is 0 Å². The Morgan fingerprint density at radius 2 is 1.52 bits per heavy atom. The van der Waals surface area contributed by atoms with Crippen LogP contribution in [0, 0.1) is 40.4 Å². The van der Waals surface area contributed by atoms with Gasteiger partial charge in [0, 0.05) is 17.3 Å². The number of rotatable bonds is 2. The Kier molecular flexibility index (Phi) is 3.76. The number of hydrogen-bond acceptors (Lipinski definition) is 2. The maximum absolute atomic E-state index is 13.6. The number of benzene rings is 1. The van der Waals surface area contributed by atoms with Crippen LogP contribution in [0.5, 0.6) is 0 Å². The van der Waals surface area contributed by atoms with E-state index in [0.717, 1.165) is 12.3 Å². The van der Waals surface area contributed by atoms with E-state index in [0.29, 0.717) is 0 Å². The summed E-state index contributed by atoms with van der Waals surface area (Å²) in [6.45, 7) is 0. The third kappa shape index (κ3) is 2.38. The second kappa shape index (κ2) is 5.36. The third-order valence-electron chi connectivity index (χ3n) is 2.75. The molecule has 1 N–H and O–H groups in total. The number of nitriles is 1. The van der Waals surface area contributed by atoms with Crippen LogP contribution in [-0.2, 0) is 6.42 Å². The summed E-state index contributed by atoms with van der Waals surface area (Å²) >= 11 is 0. The molecule has 0 saturated carbocycles. The van der Waals surface area contributed by atoms with Crippen LogP contribution < -0.4 is 5.56 Å². The van der Waals surface area contributed by atoms with Crippen LogP contribution in [-0.4, -0.2) is 4.98 Å². The Bertz CT molecular complexity index is 794. The summed E-state index contributed by atoms with van der Waals surface area (Å²) in [7, 11) is 0. The summed E-state index contributed by atoms with van der Waals surface area (Å²) in [5.41, 5.74) is -2.43. The van der Waals surface area contributed by atoms with Gasteiger partial charge < -0.3 is 4.98 Å². The smallest absolute Gasteiger partial charge is 0.252 e. The summed E-state index contributed by atoms with van der Waals surface area (Å²) in [6, 6.07) is 2.55. The lowest BCUT2D eigenvalue weighted by Gasteiger charge is -2.08. The number of hydrogen-bond donors (Lipinski definition) is 1. The summed E-state index contributed by atoms with van der Waals surface area (Å²) in [4.78, 5) is 13.4. The van der Waals surface area contributed by atoms with Crippen LogP contribution in [0.3, 0.4) is 0 Å². The van der Waals surface area contributed by atoms with Gasteiger partial charge in [-0.05, 0) is 6.07 Å². The summed E-state index contributed by atoms with van der Waals surface area (Å²) in [5, 5.41) is 8.52. The van der Waals surface area contributed by atoms with Crippen molar-refractivity contribution in [3.63, 3.8) is 0 Å². The van der Waals surface area contributed by atoms with E-state index in [1.165, 1.54) is 0 Å². The Morgan fingerprint density at radius 3 is 2.05 bits per heavy atom. The first kappa shape index (κ1) is 14.7. The molecule has 0 aliphatic rings. The maximum atomic E-state index is 13.6. The zero-order valence-electron chi connectivity index (χ0n) is 10.1. The normalized spacial score (nSPS) is 10.5. The molecule has 0 saturated heterocycles. The molecule has 21 heavy (non-hydrogen) atoms. The molecule has 0 aliphatic carbocycles. The highest BCUT2D eigenvalue weighted by molar-refractivity contribution is 5.65. The highest BCUT2D eigenvalue weighted by Gasteiger charge is 2.26. The van der Waals surface area contributed by atoms with E-state index >= 15 is 0 Å². The van der Waals surface area contributed by atoms with Crippen molar-refractivity contribution in [2.24, 2.45) is 0 Å². The van der Waals surface area contributed by atoms with E-state index in [4.69, 9.17) is 5.26 Å². The van der Waals surface area contributed by atoms with Gasteiger partial charge in [0.25, 0.3) is 5.56 Å². The van der Waals surface area contributed by atoms with Crippen molar-refractivity contribution in [2.75, 3.05) is 0 Å². The molecule has 0 amide bonds. The van der Waals surface area contributed by atoms with Gasteiger partial charge in [-0.15, -0.1) is 0 Å². The van der Waals surface area contributed by atoms with E-state index < -0.39 is 45.8 Å². The van der Waals surface area contributed by atoms with E-state index in [2.05, 4.69) is 4.98 Å².